The Kier molecular flexibility index (Phi) is 3.17. The maximum Gasteiger partial charge on any atom is 0.264 e. The molecule has 2 heterocycles. The van der Waals surface area contributed by atoms with E-state index in [2.05, 4.69) is 14.9 Å². The van der Waals surface area contributed by atoms with Gasteiger partial charge in [0.05, 0.1) is 0 Å². The Bertz CT molecular complexity index is 677. The number of hydrogen-bond acceptors (Lipinski definition) is 3. The molecule has 104 valence electrons. The Hall–Kier alpha value is -1.76. The normalized spacial score (nSPS) is 12.6. The highest BCUT2D eigenvalue weighted by Crippen LogP contribution is 2.23. The molecule has 0 aliphatic rings. The first-order valence-electron chi connectivity index (χ1n) is 5.89. The van der Waals surface area contributed by atoms with Gasteiger partial charge in [0.1, 0.15) is 4.90 Å². The second-order valence-electron chi connectivity index (χ2n) is 5.54. The van der Waals surface area contributed by atoms with Gasteiger partial charge in [-0.05, 0) is 6.07 Å². The van der Waals surface area contributed by atoms with Gasteiger partial charge in [-0.25, -0.2) is 8.42 Å². The van der Waals surface area contributed by atoms with E-state index < -0.39 is 10.0 Å². The predicted octanol–water partition coefficient (Wildman–Crippen LogP) is 1.85. The molecule has 2 aromatic rings. The van der Waals surface area contributed by atoms with Gasteiger partial charge >= 0.3 is 0 Å². The molecule has 6 nitrogen and oxygen atoms in total. The molecule has 0 fully saturated rings. The zero-order valence-corrected chi connectivity index (χ0v) is 12.2. The standard InChI is InChI=1S/C12H18N4O2S/c1-12(2,3)10-7-11(14-13-10)15-19(17,18)9-5-6-16(4)8-9/h5-8H,1-4H3,(H2,13,14,15). The van der Waals surface area contributed by atoms with Crippen molar-refractivity contribution < 1.29 is 8.42 Å². The summed E-state index contributed by atoms with van der Waals surface area (Å²) in [6.45, 7) is 6.07. The lowest BCUT2D eigenvalue weighted by atomic mass is 9.92. The maximum atomic E-state index is 12.1. The number of nitrogens with one attached hydrogen (secondary N) is 2. The molecular formula is C12H18N4O2S. The summed E-state index contributed by atoms with van der Waals surface area (Å²) in [5.41, 5.74) is 0.766. The lowest BCUT2D eigenvalue weighted by molar-refractivity contribution is 0.567. The van der Waals surface area contributed by atoms with E-state index in [0.29, 0.717) is 5.82 Å². The first-order valence-corrected chi connectivity index (χ1v) is 7.37. The van der Waals surface area contributed by atoms with Crippen LogP contribution in [0.15, 0.2) is 29.4 Å². The van der Waals surface area contributed by atoms with Crippen LogP contribution in [0.2, 0.25) is 0 Å². The topological polar surface area (TPSA) is 79.8 Å². The molecule has 0 atom stereocenters. The summed E-state index contributed by atoms with van der Waals surface area (Å²) >= 11 is 0. The molecule has 0 aliphatic carbocycles. The first kappa shape index (κ1) is 13.7. The van der Waals surface area contributed by atoms with Gasteiger partial charge < -0.3 is 4.57 Å². The highest BCUT2D eigenvalue weighted by Gasteiger charge is 2.20. The first-order chi connectivity index (χ1) is 8.68. The monoisotopic (exact) mass is 282 g/mol. The largest absolute Gasteiger partial charge is 0.356 e. The van der Waals surface area contributed by atoms with Gasteiger partial charge in [-0.2, -0.15) is 5.10 Å². The summed E-state index contributed by atoms with van der Waals surface area (Å²) in [6.07, 6.45) is 3.22. The fourth-order valence-corrected chi connectivity index (χ4v) is 2.63. The smallest absolute Gasteiger partial charge is 0.264 e. The molecule has 0 unspecified atom stereocenters. The average molecular weight is 282 g/mol. The minimum Gasteiger partial charge on any atom is -0.356 e. The van der Waals surface area contributed by atoms with Crippen molar-refractivity contribution in [3.05, 3.63) is 30.2 Å². The average Bonchev–Trinajstić information content (AvgIpc) is 2.85. The Balaban J connectivity index is 2.24. The SMILES string of the molecule is Cn1ccc(S(=O)(=O)Nc2cc(C(C)(C)C)[nH]n2)c1. The van der Waals surface area contributed by atoms with Crippen LogP contribution in [-0.2, 0) is 22.5 Å². The van der Waals surface area contributed by atoms with Crippen LogP contribution in [0.1, 0.15) is 26.5 Å². The van der Waals surface area contributed by atoms with Crippen LogP contribution in [-0.4, -0.2) is 23.2 Å². The van der Waals surface area contributed by atoms with E-state index in [0.717, 1.165) is 5.69 Å². The van der Waals surface area contributed by atoms with Gasteiger partial charge in [0, 0.05) is 36.6 Å². The number of sulfonamides is 1. The number of anilines is 1. The van der Waals surface area contributed by atoms with Crippen molar-refractivity contribution >= 4 is 15.8 Å². The van der Waals surface area contributed by atoms with Crippen LogP contribution in [0.3, 0.4) is 0 Å². The molecule has 2 aromatic heterocycles. The highest BCUT2D eigenvalue weighted by atomic mass is 32.2. The van der Waals surface area contributed by atoms with Gasteiger partial charge in [-0.1, -0.05) is 20.8 Å². The second-order valence-corrected chi connectivity index (χ2v) is 7.22. The molecule has 0 amide bonds. The van der Waals surface area contributed by atoms with E-state index in [4.69, 9.17) is 0 Å². The fraction of sp³-hybridized carbons (Fsp3) is 0.417. The summed E-state index contributed by atoms with van der Waals surface area (Å²) in [7, 11) is -1.81. The molecule has 0 spiro atoms. The lowest BCUT2D eigenvalue weighted by Crippen LogP contribution is -2.13. The Labute approximate surface area is 112 Å². The summed E-state index contributed by atoms with van der Waals surface area (Å²) in [4.78, 5) is 0.218. The van der Waals surface area contributed by atoms with Crippen LogP contribution in [0.25, 0.3) is 0 Å². The van der Waals surface area contributed by atoms with E-state index in [-0.39, 0.29) is 10.3 Å². The minimum atomic E-state index is -3.58. The number of H-pyrrole nitrogens is 1. The molecule has 2 rings (SSSR count). The van der Waals surface area contributed by atoms with Gasteiger partial charge in [-0.15, -0.1) is 0 Å². The zero-order chi connectivity index (χ0) is 14.3. The molecule has 2 N–H and O–H groups in total. The van der Waals surface area contributed by atoms with Gasteiger partial charge in [0.25, 0.3) is 10.0 Å². The molecule has 0 saturated carbocycles. The number of aromatic amines is 1. The number of hydrogen-bond donors (Lipinski definition) is 2. The van der Waals surface area contributed by atoms with Crippen molar-refractivity contribution in [1.82, 2.24) is 14.8 Å². The summed E-state index contributed by atoms with van der Waals surface area (Å²) in [5, 5.41) is 6.82. The van der Waals surface area contributed by atoms with Crippen LogP contribution in [0, 0.1) is 0 Å². The molecule has 0 bridgehead atoms. The van der Waals surface area contributed by atoms with Crippen molar-refractivity contribution in [2.24, 2.45) is 7.05 Å². The summed E-state index contributed by atoms with van der Waals surface area (Å²) < 4.78 is 28.3. The second kappa shape index (κ2) is 4.41. The van der Waals surface area contributed by atoms with Gasteiger partial charge in [0.15, 0.2) is 5.82 Å². The molecule has 0 radical (unpaired) electrons. The van der Waals surface area contributed by atoms with E-state index in [9.17, 15) is 8.42 Å². The van der Waals surface area contributed by atoms with Crippen LogP contribution < -0.4 is 4.72 Å². The third-order valence-corrected chi connectivity index (χ3v) is 4.08. The Morgan fingerprint density at radius 2 is 2.05 bits per heavy atom. The van der Waals surface area contributed by atoms with E-state index in [1.807, 2.05) is 20.8 Å². The molecule has 19 heavy (non-hydrogen) atoms. The summed E-state index contributed by atoms with van der Waals surface area (Å²) in [6, 6.07) is 3.25. The lowest BCUT2D eigenvalue weighted by Gasteiger charge is -2.14. The predicted molar refractivity (Wildman–Crippen MR) is 73.5 cm³/mol. The van der Waals surface area contributed by atoms with Crippen LogP contribution in [0.4, 0.5) is 5.82 Å². The molecule has 0 saturated heterocycles. The molecular weight excluding hydrogens is 264 g/mol. The molecule has 0 aromatic carbocycles. The van der Waals surface area contributed by atoms with Gasteiger partial charge in [-0.3, -0.25) is 9.82 Å². The van der Waals surface area contributed by atoms with Crippen molar-refractivity contribution in [2.45, 2.75) is 31.1 Å². The number of aromatic nitrogens is 3. The zero-order valence-electron chi connectivity index (χ0n) is 11.4. The molecule has 0 aliphatic heterocycles. The van der Waals surface area contributed by atoms with Crippen LogP contribution >= 0.6 is 0 Å². The summed E-state index contributed by atoms with van der Waals surface area (Å²) in [5.74, 6) is 0.300. The number of rotatable bonds is 3. The van der Waals surface area contributed by atoms with Crippen molar-refractivity contribution in [1.29, 1.82) is 0 Å². The highest BCUT2D eigenvalue weighted by molar-refractivity contribution is 7.92. The minimum absolute atomic E-state index is 0.108. The quantitative estimate of drug-likeness (QED) is 0.901. The molecule has 7 heteroatoms. The Morgan fingerprint density at radius 1 is 1.37 bits per heavy atom. The third kappa shape index (κ3) is 2.98. The van der Waals surface area contributed by atoms with E-state index in [1.165, 1.54) is 0 Å². The Morgan fingerprint density at radius 3 is 2.53 bits per heavy atom. The fourth-order valence-electron chi connectivity index (χ4n) is 1.59. The number of aryl methyl sites for hydroxylation is 1. The maximum absolute atomic E-state index is 12.1. The third-order valence-electron chi connectivity index (χ3n) is 2.74. The van der Waals surface area contributed by atoms with Crippen molar-refractivity contribution in [3.63, 3.8) is 0 Å². The van der Waals surface area contributed by atoms with Crippen LogP contribution in [0.5, 0.6) is 0 Å². The van der Waals surface area contributed by atoms with Crippen molar-refractivity contribution in [2.75, 3.05) is 4.72 Å². The van der Waals surface area contributed by atoms with Gasteiger partial charge in [0.2, 0.25) is 0 Å². The van der Waals surface area contributed by atoms with E-state index in [1.54, 1.807) is 36.1 Å². The van der Waals surface area contributed by atoms with Crippen molar-refractivity contribution in [3.8, 4) is 0 Å². The number of nitrogens with zero attached hydrogens (tertiary/aromatic N) is 2. The van der Waals surface area contributed by atoms with E-state index >= 15 is 0 Å².